The number of nitrogens with two attached hydrogens (primary N) is 1. The van der Waals surface area contributed by atoms with Gasteiger partial charge in [0.05, 0.1) is 6.04 Å². The van der Waals surface area contributed by atoms with Crippen LogP contribution in [0, 0.1) is 0 Å². The van der Waals surface area contributed by atoms with Gasteiger partial charge in [-0.3, -0.25) is 19.2 Å². The molecule has 9 nitrogen and oxygen atoms in total. The number of hydrogen-bond donors (Lipinski definition) is 5. The second kappa shape index (κ2) is 10.9. The molecule has 0 aromatic rings. The van der Waals surface area contributed by atoms with Crippen LogP contribution < -0.4 is 21.7 Å². The molecule has 0 spiro atoms. The molecule has 24 heavy (non-hydrogen) atoms. The molecule has 4 atom stereocenters. The maximum Gasteiger partial charge on any atom is 0.325 e. The molecule has 3 amide bonds. The first kappa shape index (κ1) is 22.2. The number of thioether (sulfide) groups is 1. The Morgan fingerprint density at radius 1 is 0.958 bits per heavy atom. The molecule has 10 heteroatoms. The maximum absolute atomic E-state index is 12.3. The number of carbonyl (C=O) groups is 4. The van der Waals surface area contributed by atoms with E-state index in [1.54, 1.807) is 0 Å². The first-order chi connectivity index (χ1) is 11.1. The summed E-state index contributed by atoms with van der Waals surface area (Å²) in [7, 11) is 0. The fraction of sp³-hybridized carbons (Fsp3) is 0.714. The van der Waals surface area contributed by atoms with E-state index in [1.807, 2.05) is 6.26 Å². The molecule has 0 rings (SSSR count). The van der Waals surface area contributed by atoms with Crippen LogP contribution in [0.2, 0.25) is 0 Å². The molecule has 6 N–H and O–H groups in total. The average molecular weight is 362 g/mol. The van der Waals surface area contributed by atoms with E-state index >= 15 is 0 Å². The zero-order valence-electron chi connectivity index (χ0n) is 14.3. The topological polar surface area (TPSA) is 151 Å². The van der Waals surface area contributed by atoms with Crippen molar-refractivity contribution in [2.24, 2.45) is 5.73 Å². The SMILES string of the molecule is CSCC[C@H](NC(=O)[C@H](C)N)C(=O)N[C@@H](C)C(=O)N[C@@H](C)C(=O)O. The van der Waals surface area contributed by atoms with E-state index < -0.39 is 47.9 Å². The summed E-state index contributed by atoms with van der Waals surface area (Å²) in [4.78, 5) is 46.6. The van der Waals surface area contributed by atoms with Crippen molar-refractivity contribution in [2.45, 2.75) is 51.4 Å². The Bertz CT molecular complexity index is 472. The molecule has 138 valence electrons. The van der Waals surface area contributed by atoms with Gasteiger partial charge in [-0.1, -0.05) is 0 Å². The van der Waals surface area contributed by atoms with E-state index in [-0.39, 0.29) is 0 Å². The molecular formula is C14H26N4O5S. The van der Waals surface area contributed by atoms with Crippen molar-refractivity contribution in [3.8, 4) is 0 Å². The third-order valence-electron chi connectivity index (χ3n) is 3.14. The molecule has 0 saturated heterocycles. The van der Waals surface area contributed by atoms with Gasteiger partial charge in [0.15, 0.2) is 0 Å². The number of carboxylic acids is 1. The highest BCUT2D eigenvalue weighted by Gasteiger charge is 2.26. The number of carbonyl (C=O) groups excluding carboxylic acids is 3. The Kier molecular flexibility index (Phi) is 10.0. The van der Waals surface area contributed by atoms with E-state index in [1.165, 1.54) is 32.5 Å². The first-order valence-corrected chi connectivity index (χ1v) is 8.88. The molecule has 0 saturated carbocycles. The van der Waals surface area contributed by atoms with E-state index in [0.29, 0.717) is 12.2 Å². The Morgan fingerprint density at radius 2 is 1.50 bits per heavy atom. The minimum absolute atomic E-state index is 0.380. The predicted octanol–water partition coefficient (Wildman–Crippen LogP) is -1.33. The molecular weight excluding hydrogens is 336 g/mol. The lowest BCUT2D eigenvalue weighted by Gasteiger charge is -2.22. The van der Waals surface area contributed by atoms with Gasteiger partial charge in [-0.2, -0.15) is 11.8 Å². The highest BCUT2D eigenvalue weighted by Crippen LogP contribution is 2.02. The fourth-order valence-electron chi connectivity index (χ4n) is 1.59. The van der Waals surface area contributed by atoms with E-state index in [4.69, 9.17) is 10.8 Å². The van der Waals surface area contributed by atoms with Crippen LogP contribution in [0.4, 0.5) is 0 Å². The van der Waals surface area contributed by atoms with Crippen molar-refractivity contribution in [2.75, 3.05) is 12.0 Å². The number of hydrogen-bond acceptors (Lipinski definition) is 6. The van der Waals surface area contributed by atoms with Crippen LogP contribution in [0.1, 0.15) is 27.2 Å². The summed E-state index contributed by atoms with van der Waals surface area (Å²) in [6, 6.07) is -3.58. The number of nitrogens with one attached hydrogen (secondary N) is 3. The van der Waals surface area contributed by atoms with E-state index in [9.17, 15) is 19.2 Å². The minimum atomic E-state index is -1.18. The number of aliphatic carboxylic acids is 1. The average Bonchev–Trinajstić information content (AvgIpc) is 2.50. The Labute approximate surface area is 145 Å². The molecule has 0 fully saturated rings. The van der Waals surface area contributed by atoms with E-state index in [2.05, 4.69) is 16.0 Å². The van der Waals surface area contributed by atoms with Crippen LogP contribution >= 0.6 is 11.8 Å². The van der Waals surface area contributed by atoms with Crippen LogP contribution in [0.3, 0.4) is 0 Å². The van der Waals surface area contributed by atoms with Crippen molar-refractivity contribution < 1.29 is 24.3 Å². The van der Waals surface area contributed by atoms with Crippen molar-refractivity contribution in [1.29, 1.82) is 0 Å². The van der Waals surface area contributed by atoms with Gasteiger partial charge < -0.3 is 26.8 Å². The lowest BCUT2D eigenvalue weighted by atomic mass is 10.1. The summed E-state index contributed by atoms with van der Waals surface area (Å²) < 4.78 is 0. The lowest BCUT2D eigenvalue weighted by molar-refractivity contribution is -0.141. The van der Waals surface area contributed by atoms with E-state index in [0.717, 1.165) is 0 Å². The monoisotopic (exact) mass is 362 g/mol. The first-order valence-electron chi connectivity index (χ1n) is 7.48. The predicted molar refractivity (Wildman–Crippen MR) is 91.4 cm³/mol. The van der Waals surface area contributed by atoms with Gasteiger partial charge in [-0.05, 0) is 39.2 Å². The highest BCUT2D eigenvalue weighted by atomic mass is 32.2. The van der Waals surface area contributed by atoms with Crippen molar-refractivity contribution in [3.05, 3.63) is 0 Å². The second-order valence-electron chi connectivity index (χ2n) is 5.43. The lowest BCUT2D eigenvalue weighted by Crippen LogP contribution is -2.55. The van der Waals surface area contributed by atoms with Gasteiger partial charge >= 0.3 is 5.97 Å². The van der Waals surface area contributed by atoms with Gasteiger partial charge in [0.2, 0.25) is 17.7 Å². The zero-order chi connectivity index (χ0) is 18.9. The largest absolute Gasteiger partial charge is 0.480 e. The Morgan fingerprint density at radius 3 is 1.96 bits per heavy atom. The van der Waals surface area contributed by atoms with Crippen molar-refractivity contribution in [3.63, 3.8) is 0 Å². The van der Waals surface area contributed by atoms with Crippen LogP contribution in [0.25, 0.3) is 0 Å². The molecule has 0 heterocycles. The molecule has 0 aromatic heterocycles. The quantitative estimate of drug-likeness (QED) is 0.323. The fourth-order valence-corrected chi connectivity index (χ4v) is 2.06. The molecule has 0 aliphatic rings. The molecule has 0 aromatic carbocycles. The maximum atomic E-state index is 12.3. The van der Waals surface area contributed by atoms with Crippen LogP contribution in [-0.4, -0.2) is 65.0 Å². The summed E-state index contributed by atoms with van der Waals surface area (Å²) in [5.41, 5.74) is 5.48. The third-order valence-corrected chi connectivity index (χ3v) is 3.78. The van der Waals surface area contributed by atoms with Crippen molar-refractivity contribution in [1.82, 2.24) is 16.0 Å². The van der Waals surface area contributed by atoms with Gasteiger partial charge in [0.25, 0.3) is 0 Å². The number of rotatable bonds is 10. The molecule has 0 bridgehead atoms. The summed E-state index contributed by atoms with van der Waals surface area (Å²) in [6.07, 6.45) is 2.25. The summed E-state index contributed by atoms with van der Waals surface area (Å²) in [5.74, 6) is -2.16. The second-order valence-corrected chi connectivity index (χ2v) is 6.42. The Balaban J connectivity index is 4.75. The smallest absolute Gasteiger partial charge is 0.325 e. The summed E-state index contributed by atoms with van der Waals surface area (Å²) in [6.45, 7) is 4.25. The molecule has 0 unspecified atom stereocenters. The van der Waals surface area contributed by atoms with Gasteiger partial charge in [-0.15, -0.1) is 0 Å². The summed E-state index contributed by atoms with van der Waals surface area (Å²) >= 11 is 1.51. The van der Waals surface area contributed by atoms with Gasteiger partial charge in [0, 0.05) is 0 Å². The van der Waals surface area contributed by atoms with Crippen LogP contribution in [0.5, 0.6) is 0 Å². The number of amides is 3. The normalized spacial score (nSPS) is 15.5. The number of carboxylic acid groups (broad SMARTS) is 1. The van der Waals surface area contributed by atoms with Crippen LogP contribution in [0.15, 0.2) is 0 Å². The standard InChI is InChI=1S/C14H26N4O5S/c1-7(15)11(19)18-10(5-6-24-4)13(21)16-8(2)12(20)17-9(3)14(22)23/h7-10H,5-6,15H2,1-4H3,(H,16,21)(H,17,20)(H,18,19)(H,22,23)/t7-,8-,9-,10-/m0/s1. The van der Waals surface area contributed by atoms with Crippen molar-refractivity contribution >= 4 is 35.5 Å². The zero-order valence-corrected chi connectivity index (χ0v) is 15.1. The minimum Gasteiger partial charge on any atom is -0.480 e. The van der Waals surface area contributed by atoms with Crippen LogP contribution in [-0.2, 0) is 19.2 Å². The van der Waals surface area contributed by atoms with Gasteiger partial charge in [0.1, 0.15) is 18.1 Å². The molecule has 0 radical (unpaired) electrons. The van der Waals surface area contributed by atoms with Gasteiger partial charge in [-0.25, -0.2) is 0 Å². The molecule has 0 aliphatic heterocycles. The Hall–Kier alpha value is -1.81. The summed E-state index contributed by atoms with van der Waals surface area (Å²) in [5, 5.41) is 16.0. The molecule has 0 aliphatic carbocycles. The third kappa shape index (κ3) is 8.16. The highest BCUT2D eigenvalue weighted by molar-refractivity contribution is 7.98.